The quantitative estimate of drug-likeness (QED) is 0.732. The predicted molar refractivity (Wildman–Crippen MR) is 77.3 cm³/mol. The molecule has 4 nitrogen and oxygen atoms in total. The van der Waals surface area contributed by atoms with E-state index < -0.39 is 10.0 Å². The van der Waals surface area contributed by atoms with Gasteiger partial charge < -0.3 is 4.90 Å². The van der Waals surface area contributed by atoms with Crippen molar-refractivity contribution in [2.45, 2.75) is 18.7 Å². The average molecular weight is 278 g/mol. The Morgan fingerprint density at radius 1 is 1.00 bits per heavy atom. The molecule has 0 unspecified atom stereocenters. The van der Waals surface area contributed by atoms with Crippen LogP contribution < -0.4 is 4.90 Å². The maximum Gasteiger partial charge on any atom is 0.266 e. The van der Waals surface area contributed by atoms with Gasteiger partial charge in [-0.1, -0.05) is 24.3 Å². The molecule has 0 spiro atoms. The topological polar surface area (TPSA) is 40.6 Å². The SMILES string of the molecule is CC=C1C(=CC)N(C)S(=O)(=O)c2ccccc2N1C. The number of hydrogen-bond acceptors (Lipinski definition) is 3. The smallest absolute Gasteiger partial charge is 0.266 e. The number of hydrogen-bond donors (Lipinski definition) is 0. The lowest BCUT2D eigenvalue weighted by Gasteiger charge is -2.24. The maximum atomic E-state index is 12.6. The summed E-state index contributed by atoms with van der Waals surface area (Å²) in [6.45, 7) is 3.75. The number of allylic oxidation sites excluding steroid dienone is 2. The molecule has 1 heterocycles. The third-order valence-corrected chi connectivity index (χ3v) is 5.19. The Balaban J connectivity index is 2.85. The van der Waals surface area contributed by atoms with Crippen LogP contribution in [0.15, 0.2) is 52.7 Å². The monoisotopic (exact) mass is 278 g/mol. The van der Waals surface area contributed by atoms with Crippen molar-refractivity contribution in [2.24, 2.45) is 0 Å². The zero-order chi connectivity index (χ0) is 14.2. The van der Waals surface area contributed by atoms with E-state index >= 15 is 0 Å². The van der Waals surface area contributed by atoms with Crippen molar-refractivity contribution in [3.05, 3.63) is 47.8 Å². The molecule has 0 N–H and O–H groups in total. The van der Waals surface area contributed by atoms with Gasteiger partial charge in [-0.05, 0) is 26.0 Å². The molecule has 0 saturated heterocycles. The van der Waals surface area contributed by atoms with Crippen molar-refractivity contribution < 1.29 is 8.42 Å². The zero-order valence-electron chi connectivity index (χ0n) is 11.6. The van der Waals surface area contributed by atoms with Gasteiger partial charge in [-0.3, -0.25) is 4.31 Å². The summed E-state index contributed by atoms with van der Waals surface area (Å²) in [5.41, 5.74) is 2.25. The Labute approximate surface area is 114 Å². The van der Waals surface area contributed by atoms with Gasteiger partial charge in [-0.15, -0.1) is 0 Å². The summed E-state index contributed by atoms with van der Waals surface area (Å²) in [7, 11) is -0.0432. The molecule has 19 heavy (non-hydrogen) atoms. The fourth-order valence-electron chi connectivity index (χ4n) is 2.36. The van der Waals surface area contributed by atoms with Gasteiger partial charge >= 0.3 is 0 Å². The van der Waals surface area contributed by atoms with Crippen LogP contribution in [-0.2, 0) is 10.0 Å². The highest BCUT2D eigenvalue weighted by atomic mass is 32.2. The van der Waals surface area contributed by atoms with E-state index in [4.69, 9.17) is 0 Å². The molecule has 0 aliphatic carbocycles. The first-order valence-electron chi connectivity index (χ1n) is 6.09. The van der Waals surface area contributed by atoms with Crippen molar-refractivity contribution in [3.8, 4) is 0 Å². The van der Waals surface area contributed by atoms with Crippen LogP contribution in [0.3, 0.4) is 0 Å². The number of nitrogens with zero attached hydrogens (tertiary/aromatic N) is 2. The summed E-state index contributed by atoms with van der Waals surface area (Å²) in [4.78, 5) is 2.24. The van der Waals surface area contributed by atoms with E-state index in [9.17, 15) is 8.42 Å². The van der Waals surface area contributed by atoms with Crippen LogP contribution in [0.25, 0.3) is 0 Å². The van der Waals surface area contributed by atoms with Gasteiger partial charge in [0.2, 0.25) is 0 Å². The summed E-state index contributed by atoms with van der Waals surface area (Å²) in [5, 5.41) is 0. The molecule has 2 rings (SSSR count). The lowest BCUT2D eigenvalue weighted by atomic mass is 10.2. The molecule has 0 fully saturated rings. The second-order valence-corrected chi connectivity index (χ2v) is 6.28. The van der Waals surface area contributed by atoms with Gasteiger partial charge in [-0.2, -0.15) is 0 Å². The van der Waals surface area contributed by atoms with Gasteiger partial charge in [0.15, 0.2) is 0 Å². The first-order chi connectivity index (χ1) is 8.95. The summed E-state index contributed by atoms with van der Waals surface area (Å²) in [6, 6.07) is 7.05. The summed E-state index contributed by atoms with van der Waals surface area (Å²) >= 11 is 0. The number of rotatable bonds is 0. The van der Waals surface area contributed by atoms with Crippen molar-refractivity contribution in [1.82, 2.24) is 4.31 Å². The van der Waals surface area contributed by atoms with Crippen LogP contribution in [0.1, 0.15) is 13.8 Å². The number of sulfonamides is 1. The van der Waals surface area contributed by atoms with Gasteiger partial charge in [0.1, 0.15) is 4.90 Å². The molecule has 1 aliphatic heterocycles. The normalized spacial score (nSPS) is 22.5. The van der Waals surface area contributed by atoms with Crippen LogP contribution in [-0.4, -0.2) is 26.8 Å². The minimum atomic E-state index is -3.51. The molecular weight excluding hydrogens is 260 g/mol. The molecule has 0 saturated carbocycles. The van der Waals surface area contributed by atoms with Crippen molar-refractivity contribution in [1.29, 1.82) is 0 Å². The van der Waals surface area contributed by atoms with Crippen LogP contribution in [0, 0.1) is 0 Å². The van der Waals surface area contributed by atoms with Gasteiger partial charge in [-0.25, -0.2) is 8.42 Å². The van der Waals surface area contributed by atoms with E-state index in [1.165, 1.54) is 4.31 Å². The first kappa shape index (κ1) is 13.7. The molecule has 1 aliphatic rings. The highest BCUT2D eigenvalue weighted by Crippen LogP contribution is 2.36. The Bertz CT molecular complexity index is 660. The molecule has 0 amide bonds. The molecule has 1 aromatic rings. The first-order valence-corrected chi connectivity index (χ1v) is 7.53. The fraction of sp³-hybridized carbons (Fsp3) is 0.286. The Hall–Kier alpha value is -1.75. The number of para-hydroxylation sites is 1. The minimum Gasteiger partial charge on any atom is -0.342 e. The average Bonchev–Trinajstić information content (AvgIpc) is 2.47. The van der Waals surface area contributed by atoms with Gasteiger partial charge in [0.25, 0.3) is 10.0 Å². The standard InChI is InChI=1S/C14H18N2O2S/c1-5-11-12(6-2)16(4)19(17,18)14-10-8-7-9-13(14)15(11)3/h5-10H,1-4H3. The third-order valence-electron chi connectivity index (χ3n) is 3.37. The molecule has 1 aromatic carbocycles. The highest BCUT2D eigenvalue weighted by Gasteiger charge is 2.33. The minimum absolute atomic E-state index is 0.330. The molecule has 5 heteroatoms. The number of likely N-dealkylation sites (N-methyl/N-ethyl adjacent to an activating group) is 2. The molecular formula is C14H18N2O2S. The predicted octanol–water partition coefficient (Wildman–Crippen LogP) is 2.56. The second-order valence-electron chi connectivity index (χ2n) is 4.35. The van der Waals surface area contributed by atoms with Crippen LogP contribution >= 0.6 is 0 Å². The fourth-order valence-corrected chi connectivity index (χ4v) is 3.84. The number of benzene rings is 1. The van der Waals surface area contributed by atoms with E-state index in [-0.39, 0.29) is 0 Å². The molecule has 0 aromatic heterocycles. The number of anilines is 1. The summed E-state index contributed by atoms with van der Waals surface area (Å²) in [5.74, 6) is 0. The van der Waals surface area contributed by atoms with E-state index in [2.05, 4.69) is 0 Å². The Morgan fingerprint density at radius 2 is 1.58 bits per heavy atom. The largest absolute Gasteiger partial charge is 0.342 e. The molecule has 0 atom stereocenters. The van der Waals surface area contributed by atoms with Crippen LogP contribution in [0.2, 0.25) is 0 Å². The van der Waals surface area contributed by atoms with E-state index in [1.807, 2.05) is 50.1 Å². The van der Waals surface area contributed by atoms with Crippen molar-refractivity contribution in [3.63, 3.8) is 0 Å². The maximum absolute atomic E-state index is 12.6. The highest BCUT2D eigenvalue weighted by molar-refractivity contribution is 7.89. The number of fused-ring (bicyclic) bond motifs is 1. The summed E-state index contributed by atoms with van der Waals surface area (Å²) < 4.78 is 26.6. The molecule has 102 valence electrons. The van der Waals surface area contributed by atoms with Crippen molar-refractivity contribution in [2.75, 3.05) is 19.0 Å². The van der Waals surface area contributed by atoms with Gasteiger partial charge in [0.05, 0.1) is 17.1 Å². The lowest BCUT2D eigenvalue weighted by molar-refractivity contribution is 0.528. The summed E-state index contributed by atoms with van der Waals surface area (Å²) in [6.07, 6.45) is 3.73. The molecule has 0 radical (unpaired) electrons. The van der Waals surface area contributed by atoms with Crippen LogP contribution in [0.5, 0.6) is 0 Å². The van der Waals surface area contributed by atoms with E-state index in [1.54, 1.807) is 19.2 Å². The van der Waals surface area contributed by atoms with Crippen LogP contribution in [0.4, 0.5) is 5.69 Å². The third kappa shape index (κ3) is 1.94. The molecule has 0 bridgehead atoms. The van der Waals surface area contributed by atoms with Crippen molar-refractivity contribution >= 4 is 15.7 Å². The second kappa shape index (κ2) is 4.74. The Kier molecular flexibility index (Phi) is 3.41. The lowest BCUT2D eigenvalue weighted by Crippen LogP contribution is -2.27. The van der Waals surface area contributed by atoms with E-state index in [0.29, 0.717) is 16.3 Å². The Morgan fingerprint density at radius 3 is 2.16 bits per heavy atom. The van der Waals surface area contributed by atoms with Gasteiger partial charge in [0, 0.05) is 14.1 Å². The van der Waals surface area contributed by atoms with E-state index in [0.717, 1.165) is 5.70 Å². The zero-order valence-corrected chi connectivity index (χ0v) is 12.4.